The number of allylic oxidation sites excluding steroid dienone is 1. The van der Waals surface area contributed by atoms with E-state index >= 15 is 0 Å². The van der Waals surface area contributed by atoms with Gasteiger partial charge >= 0.3 is 18.2 Å². The first kappa shape index (κ1) is 94.5. The SMILES string of the molecule is C=C(O)/C=C\C(=O)NC1C(=O)CCCOCCC(=O)NC(C)C(=O)NC(C)C(=O)Nc2ccc(cc2)COC(=O)N2C[C@@H]3CC(=C)CN3C(=O)c3cc(CO)c(cc32)OCCCCCOc2cc3c(cc2OC)C(=O)N2CC(=C)C[C@H]2[C@H](O)N3C(=O)OCc2ccc(cc2)NC(=O)C(C)CC(=O)C(C)NC(=O)CCOCCNC(=O)C1NC(=O)/C=C\C(=O)O. The van der Waals surface area contributed by atoms with E-state index in [1.807, 2.05) is 0 Å². The Balaban J connectivity index is 0.883. The molecule has 8 bridgehead atoms. The maximum absolute atomic E-state index is 14.4. The molecule has 0 aromatic heterocycles. The number of hydrogen-bond acceptors (Lipinski definition) is 25. The Kier molecular flexibility index (Phi) is 34.3. The van der Waals surface area contributed by atoms with Gasteiger partial charge in [0.25, 0.3) is 11.8 Å². The molecule has 38 nitrogen and oxygen atoms in total. The lowest BCUT2D eigenvalue weighted by Crippen LogP contribution is -2.61. The first-order valence-corrected chi connectivity index (χ1v) is 40.2. The highest BCUT2D eigenvalue weighted by Crippen LogP contribution is 2.43. The monoisotopic (exact) mass is 1720 g/mol. The first-order chi connectivity index (χ1) is 59.2. The molecule has 4 aromatic carbocycles. The van der Waals surface area contributed by atoms with Crippen molar-refractivity contribution in [1.29, 1.82) is 0 Å². The van der Waals surface area contributed by atoms with Crippen LogP contribution in [-0.2, 0) is 91.5 Å². The predicted octanol–water partition coefficient (Wildman–Crippen LogP) is 4.51. The van der Waals surface area contributed by atoms with Crippen molar-refractivity contribution in [3.63, 3.8) is 0 Å². The van der Waals surface area contributed by atoms with Crippen molar-refractivity contribution in [2.75, 3.05) is 93.4 Å². The smallest absolute Gasteiger partial charge is 0.416 e. The second-order valence-electron chi connectivity index (χ2n) is 30.2. The number of aliphatic hydroxyl groups excluding tert-OH is 3. The van der Waals surface area contributed by atoms with Crippen LogP contribution >= 0.6 is 0 Å². The quantitative estimate of drug-likeness (QED) is 0.0500. The number of ketones is 2. The number of rotatable bonds is 8. The average Bonchev–Trinajstić information content (AvgIpc) is 1.59. The van der Waals surface area contributed by atoms with Crippen LogP contribution in [0.5, 0.6) is 17.2 Å². The number of anilines is 4. The summed E-state index contributed by atoms with van der Waals surface area (Å²) in [5, 5.41) is 61.6. The molecule has 11 rings (SSSR count). The molecular formula is C86H104N12O26. The van der Waals surface area contributed by atoms with Crippen molar-refractivity contribution in [3.8, 4) is 17.2 Å². The van der Waals surface area contributed by atoms with Crippen LogP contribution in [-0.4, -0.2) is 240 Å². The van der Waals surface area contributed by atoms with Crippen molar-refractivity contribution < 1.29 is 126 Å². The molecule has 0 spiro atoms. The minimum atomic E-state index is -1.93. The van der Waals surface area contributed by atoms with Gasteiger partial charge < -0.3 is 106 Å². The van der Waals surface area contributed by atoms with Gasteiger partial charge in [-0.15, -0.1) is 0 Å². The lowest BCUT2D eigenvalue weighted by Gasteiger charge is -2.31. The molecule has 2 fully saturated rings. The Bertz CT molecular complexity index is 4780. The van der Waals surface area contributed by atoms with Gasteiger partial charge in [0.1, 0.15) is 48.9 Å². The van der Waals surface area contributed by atoms with E-state index in [-0.39, 0.29) is 162 Å². The molecule has 0 radical (unpaired) electrons. The van der Waals surface area contributed by atoms with Crippen molar-refractivity contribution in [2.24, 2.45) is 5.92 Å². The van der Waals surface area contributed by atoms with E-state index in [1.165, 1.54) is 81.0 Å². The highest BCUT2D eigenvalue weighted by molar-refractivity contribution is 6.08. The molecule has 2 saturated heterocycles. The summed E-state index contributed by atoms with van der Waals surface area (Å²) in [6.45, 7) is 15.4. The molecule has 9 atom stereocenters. The molecule has 12 N–H and O–H groups in total. The average molecular weight is 1720 g/mol. The molecule has 4 aromatic rings. The minimum absolute atomic E-state index is 0.00502. The van der Waals surface area contributed by atoms with Gasteiger partial charge in [-0.25, -0.2) is 19.3 Å². The van der Waals surface area contributed by atoms with Crippen LogP contribution < -0.4 is 66.5 Å². The molecule has 38 heteroatoms. The second kappa shape index (κ2) is 45.0. The van der Waals surface area contributed by atoms with E-state index in [0.29, 0.717) is 65.9 Å². The fourth-order valence-electron chi connectivity index (χ4n) is 13.9. The van der Waals surface area contributed by atoms with Crippen LogP contribution in [0.4, 0.5) is 32.3 Å². The van der Waals surface area contributed by atoms with Gasteiger partial charge in [0.2, 0.25) is 47.3 Å². The molecule has 7 aliphatic rings. The number of Topliss-reactive ketones (excluding diaryl/α,β-unsaturated/α-hetero) is 2. The number of carbonyl (C=O) groups excluding carboxylic acids is 14. The van der Waals surface area contributed by atoms with Gasteiger partial charge in [-0.1, -0.05) is 62.1 Å². The summed E-state index contributed by atoms with van der Waals surface area (Å²) in [7, 11) is 1.38. The molecule has 7 aliphatic heterocycles. The molecule has 124 heavy (non-hydrogen) atoms. The Morgan fingerprint density at radius 1 is 0.556 bits per heavy atom. The third-order valence-electron chi connectivity index (χ3n) is 20.6. The van der Waals surface area contributed by atoms with Crippen LogP contribution in [0.3, 0.4) is 0 Å². The summed E-state index contributed by atoms with van der Waals surface area (Å²) in [4.78, 5) is 207. The number of nitrogens with one attached hydrogen (secondary N) is 8. The van der Waals surface area contributed by atoms with E-state index in [2.05, 4.69) is 62.3 Å². The van der Waals surface area contributed by atoms with E-state index in [1.54, 1.807) is 41.3 Å². The second-order valence-corrected chi connectivity index (χ2v) is 30.2. The number of aliphatic hydroxyl groups is 3. The van der Waals surface area contributed by atoms with Gasteiger partial charge in [0.15, 0.2) is 29.3 Å². The van der Waals surface area contributed by atoms with Gasteiger partial charge in [0, 0.05) is 105 Å². The highest BCUT2D eigenvalue weighted by atomic mass is 16.6. The molecule has 6 unspecified atom stereocenters. The third-order valence-corrected chi connectivity index (χ3v) is 20.6. The standard InChI is InChI=1S/C86H104N12O26/c1-48-35-60-44-97-63-40-68(57(45-99)38-61(63)82(113)95(60)42-48)121-30-10-9-11-31-122-70-41-64-62(39-69(70)118-8)83(114)96-43-49(2)36-65(96)84(115)98(64)86(117)124-47-56-15-19-58(20-16-56)91-78(109)50(3)37-67(102)52(5)88-73(105)27-33-120-34-28-87-81(112)77(94-72(104)24-25-75(107)108)76(93-71(103)23-14-51(4)100)66(101)13-12-29-119-32-26-74(106)89-53(6)79(110)90-54(7)80(111)92-59-21-17-55(18-22-59)46-123-85(97)116/h14-25,38-41,50,52-54,60,65,76-77,84,99-100,115H,1-2,4,9-13,26-37,42-47H2,3,5-8H3,(H,87,112)(H,88,105)(H,89,106)(H,90,110)(H,91,109)(H,92,111)(H,93,103)(H,94,104)(H,107,108)/b23-14-,25-24-/t50?,52?,53?,54?,60-,65-,76?,77?,84-/m0/s1. The van der Waals surface area contributed by atoms with Crippen LogP contribution in [0, 0.1) is 5.92 Å². The number of benzene rings is 4. The van der Waals surface area contributed by atoms with E-state index in [0.717, 1.165) is 22.6 Å². The number of fused-ring (bicyclic) bond motifs is 4. The van der Waals surface area contributed by atoms with E-state index in [9.17, 15) is 92.3 Å². The number of hydrogen-bond donors (Lipinski definition) is 12. The third kappa shape index (κ3) is 26.3. The summed E-state index contributed by atoms with van der Waals surface area (Å²) < 4.78 is 41.1. The zero-order valence-corrected chi connectivity index (χ0v) is 69.4. The van der Waals surface area contributed by atoms with E-state index in [4.69, 9.17) is 33.2 Å². The number of methoxy groups -OCH3 is 1. The van der Waals surface area contributed by atoms with Crippen molar-refractivity contribution in [2.45, 2.75) is 160 Å². The summed E-state index contributed by atoms with van der Waals surface area (Å²) in [5.74, 6) is -11.2. The van der Waals surface area contributed by atoms with Crippen molar-refractivity contribution >= 4 is 112 Å². The zero-order valence-electron chi connectivity index (χ0n) is 69.4. The summed E-state index contributed by atoms with van der Waals surface area (Å²) in [5.41, 5.74) is 3.58. The van der Waals surface area contributed by atoms with Crippen LogP contribution in [0.2, 0.25) is 0 Å². The number of carboxylic acid groups (broad SMARTS) is 1. The van der Waals surface area contributed by atoms with Crippen LogP contribution in [0.15, 0.2) is 134 Å². The minimum Gasteiger partial charge on any atom is -0.509 e. The molecule has 664 valence electrons. The van der Waals surface area contributed by atoms with Gasteiger partial charge in [0.05, 0.1) is 93.9 Å². The van der Waals surface area contributed by atoms with Gasteiger partial charge in [-0.2, -0.15) is 0 Å². The largest absolute Gasteiger partial charge is 0.509 e. The number of aliphatic carboxylic acids is 1. The number of nitrogens with zero attached hydrogens (tertiary/aromatic N) is 4. The maximum Gasteiger partial charge on any atom is 0.416 e. The van der Waals surface area contributed by atoms with E-state index < -0.39 is 156 Å². The van der Waals surface area contributed by atoms with Crippen LogP contribution in [0.25, 0.3) is 0 Å². The lowest BCUT2D eigenvalue weighted by molar-refractivity contribution is -0.134. The molecule has 7 heterocycles. The van der Waals surface area contributed by atoms with Crippen LogP contribution in [0.1, 0.15) is 129 Å². The Hall–Kier alpha value is -13.3. The fraction of sp³-hybridized carbons (Fsp3) is 0.430. The highest BCUT2D eigenvalue weighted by Gasteiger charge is 2.47. The van der Waals surface area contributed by atoms with Gasteiger partial charge in [-0.05, 0) is 113 Å². The topological polar surface area (TPSA) is 511 Å². The Labute approximate surface area is 714 Å². The van der Waals surface area contributed by atoms with Crippen molar-refractivity contribution in [1.82, 2.24) is 41.7 Å². The molecular weight excluding hydrogens is 1620 g/mol. The Morgan fingerprint density at radius 2 is 1.11 bits per heavy atom. The molecule has 0 saturated carbocycles. The summed E-state index contributed by atoms with van der Waals surface area (Å²) >= 11 is 0. The predicted molar refractivity (Wildman–Crippen MR) is 445 cm³/mol. The summed E-state index contributed by atoms with van der Waals surface area (Å²) in [6, 6.07) is 9.89. The molecule has 12 amide bonds. The van der Waals surface area contributed by atoms with Gasteiger partial charge in [-0.3, -0.25) is 62.4 Å². The maximum atomic E-state index is 14.4. The fourth-order valence-corrected chi connectivity index (χ4v) is 13.9. The lowest BCUT2D eigenvalue weighted by atomic mass is 9.98. The first-order valence-electron chi connectivity index (χ1n) is 40.2. The number of carboxylic acids is 1. The zero-order chi connectivity index (χ0) is 90.0. The van der Waals surface area contributed by atoms with Crippen molar-refractivity contribution in [3.05, 3.63) is 162 Å². The molecule has 0 aliphatic carbocycles. The summed E-state index contributed by atoms with van der Waals surface area (Å²) in [6.07, 6.45) is -0.162. The Morgan fingerprint density at radius 3 is 1.74 bits per heavy atom. The number of amides is 12. The normalized spacial score (nSPS) is 23.4. The number of ether oxygens (including phenoxy) is 7. The number of carbonyl (C=O) groups is 15.